The Labute approximate surface area is 138 Å². The lowest BCUT2D eigenvalue weighted by molar-refractivity contribution is -0.138. The molecule has 2 heterocycles. The van der Waals surface area contributed by atoms with E-state index in [1.54, 1.807) is 6.07 Å². The maximum atomic E-state index is 13.5. The molecule has 1 aromatic carbocycles. The Morgan fingerprint density at radius 3 is 2.71 bits per heavy atom. The van der Waals surface area contributed by atoms with E-state index in [0.717, 1.165) is 0 Å². The van der Waals surface area contributed by atoms with Crippen LogP contribution in [0.15, 0.2) is 18.3 Å². The van der Waals surface area contributed by atoms with Crippen molar-refractivity contribution < 1.29 is 13.2 Å². The van der Waals surface area contributed by atoms with E-state index in [1.165, 1.54) is 12.3 Å². The first-order chi connectivity index (χ1) is 11.3. The van der Waals surface area contributed by atoms with Crippen molar-refractivity contribution in [2.45, 2.75) is 32.5 Å². The topological polar surface area (TPSA) is 55.0 Å². The monoisotopic (exact) mass is 336 g/mol. The molecule has 0 fully saturated rings. The van der Waals surface area contributed by atoms with Gasteiger partial charge in [0.15, 0.2) is 0 Å². The van der Waals surface area contributed by atoms with Crippen LogP contribution in [0.2, 0.25) is 0 Å². The number of aryl methyl sites for hydroxylation is 1. The van der Waals surface area contributed by atoms with Crippen LogP contribution in [0.3, 0.4) is 0 Å². The fraction of sp³-hybridized carbons (Fsp3) is 0.412. The summed E-state index contributed by atoms with van der Waals surface area (Å²) in [6, 6.07) is 2.98. The molecule has 0 unspecified atom stereocenters. The van der Waals surface area contributed by atoms with Crippen LogP contribution in [0.5, 0.6) is 0 Å². The minimum atomic E-state index is -4.38. The lowest BCUT2D eigenvalue weighted by Crippen LogP contribution is -2.28. The van der Waals surface area contributed by atoms with E-state index in [9.17, 15) is 13.2 Å². The smallest absolute Gasteiger partial charge is 0.382 e. The number of hydrogen-bond acceptors (Lipinski definition) is 4. The van der Waals surface area contributed by atoms with Gasteiger partial charge in [0.2, 0.25) is 0 Å². The number of anilines is 1. The van der Waals surface area contributed by atoms with Crippen LogP contribution in [0.4, 0.5) is 19.0 Å². The molecule has 0 aliphatic carbocycles. The van der Waals surface area contributed by atoms with Crippen LogP contribution < -0.4 is 5.73 Å². The largest absolute Gasteiger partial charge is 0.416 e. The van der Waals surface area contributed by atoms with E-state index in [-0.39, 0.29) is 0 Å². The third kappa shape index (κ3) is 3.08. The van der Waals surface area contributed by atoms with Crippen molar-refractivity contribution in [1.29, 1.82) is 0 Å². The van der Waals surface area contributed by atoms with Gasteiger partial charge in [-0.15, -0.1) is 0 Å². The highest BCUT2D eigenvalue weighted by molar-refractivity contribution is 5.64. The normalized spacial score (nSPS) is 15.4. The van der Waals surface area contributed by atoms with Crippen LogP contribution in [-0.4, -0.2) is 28.5 Å². The Balaban J connectivity index is 2.17. The van der Waals surface area contributed by atoms with E-state index >= 15 is 0 Å². The second-order valence-electron chi connectivity index (χ2n) is 6.09. The van der Waals surface area contributed by atoms with Crippen LogP contribution in [0, 0.1) is 0 Å². The lowest BCUT2D eigenvalue weighted by atomic mass is 9.91. The molecule has 0 saturated carbocycles. The zero-order valence-electron chi connectivity index (χ0n) is 13.6. The van der Waals surface area contributed by atoms with Crippen LogP contribution >= 0.6 is 0 Å². The number of fused-ring (bicyclic) bond motifs is 1. The van der Waals surface area contributed by atoms with Crippen molar-refractivity contribution in [3.63, 3.8) is 0 Å². The molecule has 128 valence electrons. The summed E-state index contributed by atoms with van der Waals surface area (Å²) in [4.78, 5) is 10.5. The van der Waals surface area contributed by atoms with E-state index in [1.807, 2.05) is 18.9 Å². The zero-order valence-corrected chi connectivity index (χ0v) is 13.6. The summed E-state index contributed by atoms with van der Waals surface area (Å²) in [5, 5.41) is 0. The van der Waals surface area contributed by atoms with Crippen LogP contribution in [0.1, 0.15) is 29.3 Å². The van der Waals surface area contributed by atoms with Crippen LogP contribution in [0.25, 0.3) is 11.3 Å². The zero-order chi connectivity index (χ0) is 17.5. The molecule has 1 aromatic heterocycles. The van der Waals surface area contributed by atoms with Crippen molar-refractivity contribution in [3.8, 4) is 11.3 Å². The number of halogens is 3. The summed E-state index contributed by atoms with van der Waals surface area (Å²) in [6.07, 6.45) is -1.98. The SMILES string of the molecule is CCc1nc(-c2cc3c(c(C(F)(F)F)c2)CCN(C)C3)cnc1N. The van der Waals surface area contributed by atoms with Crippen molar-refractivity contribution in [2.75, 3.05) is 19.3 Å². The quantitative estimate of drug-likeness (QED) is 0.914. The van der Waals surface area contributed by atoms with Gasteiger partial charge in [-0.3, -0.25) is 0 Å². The van der Waals surface area contributed by atoms with Gasteiger partial charge >= 0.3 is 6.18 Å². The summed E-state index contributed by atoms with van der Waals surface area (Å²) >= 11 is 0. The average Bonchev–Trinajstić information content (AvgIpc) is 2.53. The maximum Gasteiger partial charge on any atom is 0.416 e. The highest BCUT2D eigenvalue weighted by Gasteiger charge is 2.36. The first-order valence-corrected chi connectivity index (χ1v) is 7.83. The number of aromatic nitrogens is 2. The minimum absolute atomic E-state index is 0.315. The van der Waals surface area contributed by atoms with Gasteiger partial charge in [-0.1, -0.05) is 6.92 Å². The van der Waals surface area contributed by atoms with Gasteiger partial charge in [0.1, 0.15) is 5.82 Å². The Kier molecular flexibility index (Phi) is 4.21. The number of nitrogens with zero attached hydrogens (tertiary/aromatic N) is 3. The molecule has 2 N–H and O–H groups in total. The van der Waals surface area contributed by atoms with Crippen molar-refractivity contribution in [2.24, 2.45) is 0 Å². The van der Waals surface area contributed by atoms with E-state index in [0.29, 0.717) is 59.8 Å². The van der Waals surface area contributed by atoms with Crippen LogP contribution in [-0.2, 0) is 25.6 Å². The molecule has 0 amide bonds. The Hall–Kier alpha value is -2.15. The molecule has 0 radical (unpaired) electrons. The number of nitrogens with two attached hydrogens (primary N) is 1. The maximum absolute atomic E-state index is 13.5. The van der Waals surface area contributed by atoms with E-state index in [4.69, 9.17) is 5.73 Å². The molecule has 0 saturated heterocycles. The average molecular weight is 336 g/mol. The molecular formula is C17H19F3N4. The summed E-state index contributed by atoms with van der Waals surface area (Å²) in [5.41, 5.74) is 7.71. The van der Waals surface area contributed by atoms with Gasteiger partial charge in [0.05, 0.1) is 23.1 Å². The number of alkyl halides is 3. The molecule has 0 atom stereocenters. The molecule has 0 bridgehead atoms. The van der Waals surface area contributed by atoms with Gasteiger partial charge in [-0.05, 0) is 43.1 Å². The number of nitrogen functional groups attached to an aromatic ring is 1. The molecule has 1 aliphatic rings. The fourth-order valence-corrected chi connectivity index (χ4v) is 3.08. The Bertz CT molecular complexity index is 771. The minimum Gasteiger partial charge on any atom is -0.382 e. The van der Waals surface area contributed by atoms with Crippen molar-refractivity contribution in [1.82, 2.24) is 14.9 Å². The molecular weight excluding hydrogens is 317 g/mol. The van der Waals surface area contributed by atoms with Crippen molar-refractivity contribution in [3.05, 3.63) is 40.7 Å². The number of rotatable bonds is 2. The summed E-state index contributed by atoms with van der Waals surface area (Å²) in [7, 11) is 1.90. The molecule has 7 heteroatoms. The second-order valence-corrected chi connectivity index (χ2v) is 6.09. The summed E-state index contributed by atoms with van der Waals surface area (Å²) in [6.45, 7) is 3.00. The number of likely N-dealkylation sites (N-methyl/N-ethyl adjacent to an activating group) is 1. The highest BCUT2D eigenvalue weighted by Crippen LogP contribution is 2.38. The van der Waals surface area contributed by atoms with Gasteiger partial charge < -0.3 is 10.6 Å². The molecule has 1 aliphatic heterocycles. The first-order valence-electron chi connectivity index (χ1n) is 7.83. The predicted molar refractivity (Wildman–Crippen MR) is 86.3 cm³/mol. The van der Waals surface area contributed by atoms with E-state index < -0.39 is 11.7 Å². The van der Waals surface area contributed by atoms with Gasteiger partial charge in [-0.2, -0.15) is 13.2 Å². The number of hydrogen-bond donors (Lipinski definition) is 1. The van der Waals surface area contributed by atoms with Gasteiger partial charge in [-0.25, -0.2) is 9.97 Å². The third-order valence-electron chi connectivity index (χ3n) is 4.34. The Morgan fingerprint density at radius 1 is 1.29 bits per heavy atom. The molecule has 0 spiro atoms. The fourth-order valence-electron chi connectivity index (χ4n) is 3.08. The molecule has 24 heavy (non-hydrogen) atoms. The molecule has 3 rings (SSSR count). The highest BCUT2D eigenvalue weighted by atomic mass is 19.4. The summed E-state index contributed by atoms with van der Waals surface area (Å²) < 4.78 is 40.5. The molecule has 4 nitrogen and oxygen atoms in total. The van der Waals surface area contributed by atoms with Crippen molar-refractivity contribution >= 4 is 5.82 Å². The second kappa shape index (κ2) is 6.05. The standard InChI is InChI=1S/C17H19F3N4/c1-3-14-16(21)22-8-15(23-14)10-6-11-9-24(2)5-4-12(11)13(7-10)17(18,19)20/h6-8H,3-5,9H2,1-2H3,(H2,21,22). The number of benzene rings is 1. The summed E-state index contributed by atoms with van der Waals surface area (Å²) in [5.74, 6) is 0.315. The lowest BCUT2D eigenvalue weighted by Gasteiger charge is -2.28. The molecule has 2 aromatic rings. The third-order valence-corrected chi connectivity index (χ3v) is 4.34. The Morgan fingerprint density at radius 2 is 2.04 bits per heavy atom. The van der Waals surface area contributed by atoms with Gasteiger partial charge in [0.25, 0.3) is 0 Å². The van der Waals surface area contributed by atoms with Gasteiger partial charge in [0, 0.05) is 18.7 Å². The first kappa shape index (κ1) is 16.7. The predicted octanol–water partition coefficient (Wildman–Crippen LogP) is 3.29. The van der Waals surface area contributed by atoms with E-state index in [2.05, 4.69) is 9.97 Å².